The Kier molecular flexibility index (Phi) is 6.31. The summed E-state index contributed by atoms with van der Waals surface area (Å²) in [6.45, 7) is 3.11. The summed E-state index contributed by atoms with van der Waals surface area (Å²) in [4.78, 5) is 9.99. The van der Waals surface area contributed by atoms with Crippen molar-refractivity contribution in [1.82, 2.24) is 0 Å². The van der Waals surface area contributed by atoms with E-state index in [2.05, 4.69) is 4.72 Å². The van der Waals surface area contributed by atoms with Gasteiger partial charge in [0.1, 0.15) is 12.4 Å². The number of sulfonamides is 1. The van der Waals surface area contributed by atoms with Gasteiger partial charge in [-0.15, -0.1) is 0 Å². The van der Waals surface area contributed by atoms with Crippen LogP contribution in [0.15, 0.2) is 53.4 Å². The molecule has 1 N–H and O–H groups in total. The Morgan fingerprint density at radius 3 is 2.40 bits per heavy atom. The number of nitro benzene ring substituents is 1. The van der Waals surface area contributed by atoms with Gasteiger partial charge in [-0.3, -0.25) is 14.8 Å². The zero-order valence-electron chi connectivity index (χ0n) is 13.5. The topological polar surface area (TPSA) is 108 Å². The fraction of sp³-hybridized carbons (Fsp3) is 0.250. The maximum absolute atomic E-state index is 12.5. The van der Waals surface area contributed by atoms with E-state index in [0.29, 0.717) is 19.0 Å². The standard InChI is InChI=1S/C16H18N2O6S/c1-2-23-11-12-24-16-6-4-3-5-15(16)17-25(21,22)14-9-7-13(8-10-14)18(19)20/h3-10,17H,2,11-12H2,1H3. The molecule has 2 aromatic carbocycles. The van der Waals surface area contributed by atoms with Gasteiger partial charge in [0.05, 0.1) is 22.1 Å². The van der Waals surface area contributed by atoms with Crippen molar-refractivity contribution in [2.24, 2.45) is 0 Å². The van der Waals surface area contributed by atoms with Crippen LogP contribution in [0.1, 0.15) is 6.92 Å². The van der Waals surface area contributed by atoms with Gasteiger partial charge in [-0.1, -0.05) is 12.1 Å². The molecule has 0 fully saturated rings. The summed E-state index contributed by atoms with van der Waals surface area (Å²) in [5.74, 6) is 0.368. The molecule has 0 aliphatic carbocycles. The van der Waals surface area contributed by atoms with Gasteiger partial charge in [0, 0.05) is 18.7 Å². The number of hydrogen-bond donors (Lipinski definition) is 1. The summed E-state index contributed by atoms with van der Waals surface area (Å²) >= 11 is 0. The van der Waals surface area contributed by atoms with E-state index >= 15 is 0 Å². The molecule has 0 unspecified atom stereocenters. The van der Waals surface area contributed by atoms with Crippen LogP contribution in [0.5, 0.6) is 5.75 Å². The van der Waals surface area contributed by atoms with Gasteiger partial charge in [0.15, 0.2) is 0 Å². The third kappa shape index (κ3) is 5.16. The summed E-state index contributed by atoms with van der Waals surface area (Å²) in [6.07, 6.45) is 0. The molecule has 0 heterocycles. The van der Waals surface area contributed by atoms with Gasteiger partial charge in [-0.25, -0.2) is 8.42 Å². The predicted molar refractivity (Wildman–Crippen MR) is 92.3 cm³/mol. The van der Waals surface area contributed by atoms with E-state index in [9.17, 15) is 18.5 Å². The van der Waals surface area contributed by atoms with Crippen molar-refractivity contribution < 1.29 is 22.8 Å². The number of anilines is 1. The fourth-order valence-electron chi connectivity index (χ4n) is 1.98. The lowest BCUT2D eigenvalue weighted by molar-refractivity contribution is -0.384. The Bertz CT molecular complexity index is 821. The minimum atomic E-state index is -3.90. The first-order valence-electron chi connectivity index (χ1n) is 7.51. The molecule has 0 aromatic heterocycles. The normalized spacial score (nSPS) is 11.1. The quantitative estimate of drug-likeness (QED) is 0.415. The Hall–Kier alpha value is -2.65. The molecule has 25 heavy (non-hydrogen) atoms. The lowest BCUT2D eigenvalue weighted by atomic mass is 10.3. The Morgan fingerprint density at radius 1 is 1.08 bits per heavy atom. The van der Waals surface area contributed by atoms with Crippen LogP contribution in [-0.4, -0.2) is 33.2 Å². The number of ether oxygens (including phenoxy) is 2. The van der Waals surface area contributed by atoms with Crippen LogP contribution in [-0.2, 0) is 14.8 Å². The summed E-state index contributed by atoms with van der Waals surface area (Å²) in [7, 11) is -3.90. The molecule has 0 radical (unpaired) electrons. The van der Waals surface area contributed by atoms with E-state index in [0.717, 1.165) is 12.1 Å². The highest BCUT2D eigenvalue weighted by atomic mass is 32.2. The lowest BCUT2D eigenvalue weighted by Gasteiger charge is -2.13. The van der Waals surface area contributed by atoms with E-state index in [1.807, 2.05) is 6.92 Å². The molecule has 0 saturated carbocycles. The van der Waals surface area contributed by atoms with Crippen molar-refractivity contribution in [3.63, 3.8) is 0 Å². The molecule has 134 valence electrons. The van der Waals surface area contributed by atoms with Crippen LogP contribution in [0.4, 0.5) is 11.4 Å². The second kappa shape index (κ2) is 8.45. The maximum Gasteiger partial charge on any atom is 0.269 e. The van der Waals surface area contributed by atoms with Gasteiger partial charge in [-0.05, 0) is 31.2 Å². The van der Waals surface area contributed by atoms with Crippen molar-refractivity contribution in [3.05, 3.63) is 58.6 Å². The van der Waals surface area contributed by atoms with Gasteiger partial charge in [-0.2, -0.15) is 0 Å². The molecule has 0 aliphatic rings. The third-order valence-electron chi connectivity index (χ3n) is 3.18. The molecule has 0 aliphatic heterocycles. The van der Waals surface area contributed by atoms with Gasteiger partial charge in [0.25, 0.3) is 15.7 Å². The zero-order chi connectivity index (χ0) is 18.3. The van der Waals surface area contributed by atoms with Crippen molar-refractivity contribution in [1.29, 1.82) is 0 Å². The van der Waals surface area contributed by atoms with Crippen LogP contribution in [0.3, 0.4) is 0 Å². The van der Waals surface area contributed by atoms with E-state index in [-0.39, 0.29) is 22.9 Å². The van der Waals surface area contributed by atoms with E-state index in [4.69, 9.17) is 9.47 Å². The fourth-order valence-corrected chi connectivity index (χ4v) is 3.05. The number of benzene rings is 2. The third-order valence-corrected chi connectivity index (χ3v) is 4.56. The summed E-state index contributed by atoms with van der Waals surface area (Å²) in [6, 6.07) is 11.2. The number of non-ortho nitro benzene ring substituents is 1. The molecular formula is C16H18N2O6S. The predicted octanol–water partition coefficient (Wildman–Crippen LogP) is 2.81. The number of nitro groups is 1. The number of rotatable bonds is 9. The molecule has 0 spiro atoms. The Labute approximate surface area is 145 Å². The molecule has 0 amide bonds. The van der Waals surface area contributed by atoms with Crippen LogP contribution in [0, 0.1) is 10.1 Å². The van der Waals surface area contributed by atoms with Crippen molar-refractivity contribution in [2.75, 3.05) is 24.5 Å². The van der Waals surface area contributed by atoms with E-state index in [1.165, 1.54) is 12.1 Å². The van der Waals surface area contributed by atoms with Crippen molar-refractivity contribution in [3.8, 4) is 5.75 Å². The highest BCUT2D eigenvalue weighted by molar-refractivity contribution is 7.92. The lowest BCUT2D eigenvalue weighted by Crippen LogP contribution is -2.14. The van der Waals surface area contributed by atoms with Crippen LogP contribution in [0.2, 0.25) is 0 Å². The largest absolute Gasteiger partial charge is 0.489 e. The van der Waals surface area contributed by atoms with Crippen LogP contribution >= 0.6 is 0 Å². The first kappa shape index (κ1) is 18.7. The van der Waals surface area contributed by atoms with E-state index in [1.54, 1.807) is 24.3 Å². The average molecular weight is 366 g/mol. The second-order valence-corrected chi connectivity index (χ2v) is 6.58. The summed E-state index contributed by atoms with van der Waals surface area (Å²) in [5, 5.41) is 10.7. The number of para-hydroxylation sites is 2. The number of nitrogens with zero attached hydrogens (tertiary/aromatic N) is 1. The van der Waals surface area contributed by atoms with Crippen LogP contribution < -0.4 is 9.46 Å². The highest BCUT2D eigenvalue weighted by Crippen LogP contribution is 2.27. The SMILES string of the molecule is CCOCCOc1ccccc1NS(=O)(=O)c1ccc([N+](=O)[O-])cc1. The second-order valence-electron chi connectivity index (χ2n) is 4.90. The Balaban J connectivity index is 2.16. The molecule has 9 heteroatoms. The first-order valence-corrected chi connectivity index (χ1v) is 8.99. The smallest absolute Gasteiger partial charge is 0.269 e. The van der Waals surface area contributed by atoms with Gasteiger partial charge >= 0.3 is 0 Å². The summed E-state index contributed by atoms with van der Waals surface area (Å²) < 4.78 is 38.0. The van der Waals surface area contributed by atoms with Gasteiger partial charge in [0.2, 0.25) is 0 Å². The molecule has 8 nitrogen and oxygen atoms in total. The van der Waals surface area contributed by atoms with E-state index < -0.39 is 14.9 Å². The van der Waals surface area contributed by atoms with Gasteiger partial charge < -0.3 is 9.47 Å². The zero-order valence-corrected chi connectivity index (χ0v) is 14.4. The maximum atomic E-state index is 12.5. The Morgan fingerprint density at radius 2 is 1.76 bits per heavy atom. The van der Waals surface area contributed by atoms with Crippen molar-refractivity contribution >= 4 is 21.4 Å². The molecule has 2 aromatic rings. The number of nitrogens with one attached hydrogen (secondary N) is 1. The average Bonchev–Trinajstić information content (AvgIpc) is 2.60. The molecule has 0 saturated heterocycles. The monoisotopic (exact) mass is 366 g/mol. The molecular weight excluding hydrogens is 348 g/mol. The minimum Gasteiger partial charge on any atom is -0.489 e. The van der Waals surface area contributed by atoms with Crippen molar-refractivity contribution in [2.45, 2.75) is 11.8 Å². The number of hydrogen-bond acceptors (Lipinski definition) is 6. The molecule has 0 atom stereocenters. The summed E-state index contributed by atoms with van der Waals surface area (Å²) in [5.41, 5.74) is 0.0935. The molecule has 2 rings (SSSR count). The minimum absolute atomic E-state index is 0.0813. The molecule has 0 bridgehead atoms. The first-order chi connectivity index (χ1) is 11.9. The van der Waals surface area contributed by atoms with Crippen LogP contribution in [0.25, 0.3) is 0 Å². The highest BCUT2D eigenvalue weighted by Gasteiger charge is 2.18.